The van der Waals surface area contributed by atoms with Crippen LogP contribution in [0.4, 0.5) is 5.13 Å². The SMILES string of the molecule is CCOc1cccc2sc(N(CCN(CC)CC)C(=O)c3cccs3)nc12. The van der Waals surface area contributed by atoms with E-state index in [-0.39, 0.29) is 5.91 Å². The second kappa shape index (κ2) is 9.30. The Hall–Kier alpha value is -1.96. The van der Waals surface area contributed by atoms with Crippen molar-refractivity contribution in [3.8, 4) is 5.75 Å². The van der Waals surface area contributed by atoms with E-state index >= 15 is 0 Å². The van der Waals surface area contributed by atoms with E-state index < -0.39 is 0 Å². The zero-order valence-corrected chi connectivity index (χ0v) is 17.6. The Balaban J connectivity index is 1.95. The van der Waals surface area contributed by atoms with Crippen LogP contribution in [0.15, 0.2) is 35.7 Å². The zero-order chi connectivity index (χ0) is 19.2. The van der Waals surface area contributed by atoms with E-state index in [0.29, 0.717) is 13.2 Å². The molecule has 27 heavy (non-hydrogen) atoms. The summed E-state index contributed by atoms with van der Waals surface area (Å²) in [6.07, 6.45) is 0. The standard InChI is InChI=1S/C20H25N3O2S2/c1-4-22(5-2)12-13-23(19(24)17-11-8-14-26-17)20-21-18-15(25-6-3)9-7-10-16(18)27-20/h7-11,14H,4-6,12-13H2,1-3H3. The number of para-hydroxylation sites is 1. The molecule has 0 spiro atoms. The average Bonchev–Trinajstić information content (AvgIpc) is 3.35. The van der Waals surface area contributed by atoms with E-state index in [1.165, 1.54) is 22.7 Å². The van der Waals surface area contributed by atoms with E-state index in [1.807, 2.05) is 47.5 Å². The van der Waals surface area contributed by atoms with Crippen LogP contribution >= 0.6 is 22.7 Å². The lowest BCUT2D eigenvalue weighted by molar-refractivity contribution is 0.0987. The van der Waals surface area contributed by atoms with Gasteiger partial charge in [-0.15, -0.1) is 11.3 Å². The van der Waals surface area contributed by atoms with Gasteiger partial charge in [0.1, 0.15) is 11.3 Å². The fraction of sp³-hybridized carbons (Fsp3) is 0.400. The fourth-order valence-corrected chi connectivity index (χ4v) is 4.58. The van der Waals surface area contributed by atoms with Gasteiger partial charge in [-0.3, -0.25) is 9.69 Å². The molecule has 7 heteroatoms. The first kappa shape index (κ1) is 19.8. The van der Waals surface area contributed by atoms with E-state index in [0.717, 1.165) is 45.6 Å². The smallest absolute Gasteiger partial charge is 0.270 e. The maximum absolute atomic E-state index is 13.1. The van der Waals surface area contributed by atoms with Crippen molar-refractivity contribution in [2.75, 3.05) is 37.7 Å². The lowest BCUT2D eigenvalue weighted by Crippen LogP contribution is -2.38. The summed E-state index contributed by atoms with van der Waals surface area (Å²) in [5.41, 5.74) is 0.825. The summed E-state index contributed by atoms with van der Waals surface area (Å²) >= 11 is 3.00. The second-order valence-corrected chi connectivity index (χ2v) is 7.95. The monoisotopic (exact) mass is 403 g/mol. The summed E-state index contributed by atoms with van der Waals surface area (Å²) in [6.45, 7) is 10.2. The van der Waals surface area contributed by atoms with Crippen LogP contribution in [0.25, 0.3) is 10.2 Å². The highest BCUT2D eigenvalue weighted by molar-refractivity contribution is 7.22. The number of nitrogens with zero attached hydrogens (tertiary/aromatic N) is 3. The molecule has 0 fully saturated rings. The molecule has 2 heterocycles. The van der Waals surface area contributed by atoms with Gasteiger partial charge in [-0.1, -0.05) is 37.3 Å². The summed E-state index contributed by atoms with van der Waals surface area (Å²) < 4.78 is 6.74. The first-order valence-corrected chi connectivity index (χ1v) is 11.0. The summed E-state index contributed by atoms with van der Waals surface area (Å²) in [5.74, 6) is 0.777. The normalized spacial score (nSPS) is 11.3. The number of rotatable bonds is 9. The van der Waals surface area contributed by atoms with Crippen molar-refractivity contribution < 1.29 is 9.53 Å². The third-order valence-corrected chi connectivity index (χ3v) is 6.31. The van der Waals surface area contributed by atoms with Crippen molar-refractivity contribution in [1.82, 2.24) is 9.88 Å². The third-order valence-electron chi connectivity index (χ3n) is 4.41. The predicted molar refractivity (Wildman–Crippen MR) is 115 cm³/mol. The first-order valence-electron chi connectivity index (χ1n) is 9.28. The Labute approximate surface area is 168 Å². The van der Waals surface area contributed by atoms with Crippen molar-refractivity contribution in [1.29, 1.82) is 0 Å². The van der Waals surface area contributed by atoms with E-state index in [4.69, 9.17) is 9.72 Å². The lowest BCUT2D eigenvalue weighted by atomic mass is 10.3. The minimum Gasteiger partial charge on any atom is -0.492 e. The number of thiazole rings is 1. The largest absolute Gasteiger partial charge is 0.492 e. The molecule has 0 atom stereocenters. The third kappa shape index (κ3) is 4.48. The number of carbonyl (C=O) groups is 1. The minimum atomic E-state index is 0.00849. The quantitative estimate of drug-likeness (QED) is 0.517. The Morgan fingerprint density at radius 1 is 1.11 bits per heavy atom. The zero-order valence-electron chi connectivity index (χ0n) is 16.0. The van der Waals surface area contributed by atoms with Crippen molar-refractivity contribution in [2.45, 2.75) is 20.8 Å². The van der Waals surface area contributed by atoms with Crippen LogP contribution in [0.2, 0.25) is 0 Å². The van der Waals surface area contributed by atoms with Crippen LogP contribution in [-0.2, 0) is 0 Å². The van der Waals surface area contributed by atoms with Crippen molar-refractivity contribution in [3.05, 3.63) is 40.6 Å². The van der Waals surface area contributed by atoms with Crippen LogP contribution in [0.3, 0.4) is 0 Å². The van der Waals surface area contributed by atoms with Crippen LogP contribution in [-0.4, -0.2) is 48.6 Å². The van der Waals surface area contributed by atoms with E-state index in [2.05, 4.69) is 18.7 Å². The molecule has 0 N–H and O–H groups in total. The molecule has 0 aliphatic carbocycles. The van der Waals surface area contributed by atoms with Gasteiger partial charge in [0.25, 0.3) is 5.91 Å². The maximum Gasteiger partial charge on any atom is 0.270 e. The van der Waals surface area contributed by atoms with Gasteiger partial charge in [-0.25, -0.2) is 4.98 Å². The van der Waals surface area contributed by atoms with Gasteiger partial charge in [0, 0.05) is 13.1 Å². The predicted octanol–water partition coefficient (Wildman–Crippen LogP) is 4.75. The van der Waals surface area contributed by atoms with Crippen LogP contribution in [0, 0.1) is 0 Å². The molecule has 5 nitrogen and oxygen atoms in total. The lowest BCUT2D eigenvalue weighted by Gasteiger charge is -2.24. The maximum atomic E-state index is 13.1. The average molecular weight is 404 g/mol. The van der Waals surface area contributed by atoms with E-state index in [1.54, 1.807) is 0 Å². The number of likely N-dealkylation sites (N-methyl/N-ethyl adjacent to an activating group) is 1. The first-order chi connectivity index (χ1) is 13.2. The minimum absolute atomic E-state index is 0.00849. The Morgan fingerprint density at radius 2 is 1.93 bits per heavy atom. The summed E-state index contributed by atoms with van der Waals surface area (Å²) in [7, 11) is 0. The van der Waals surface area contributed by atoms with Gasteiger partial charge < -0.3 is 9.64 Å². The molecule has 0 aliphatic rings. The van der Waals surface area contributed by atoms with E-state index in [9.17, 15) is 4.79 Å². The number of fused-ring (bicyclic) bond motifs is 1. The Bertz CT molecular complexity index is 873. The van der Waals surface area contributed by atoms with Gasteiger partial charge >= 0.3 is 0 Å². The fourth-order valence-electron chi connectivity index (χ4n) is 2.90. The number of thiophene rings is 1. The molecule has 3 rings (SSSR count). The van der Waals surface area contributed by atoms with Crippen molar-refractivity contribution >= 4 is 43.9 Å². The van der Waals surface area contributed by atoms with Crippen LogP contribution in [0.1, 0.15) is 30.4 Å². The van der Waals surface area contributed by atoms with Crippen molar-refractivity contribution in [2.24, 2.45) is 0 Å². The summed E-state index contributed by atoms with van der Waals surface area (Å²) in [6, 6.07) is 9.70. The number of hydrogen-bond donors (Lipinski definition) is 0. The Morgan fingerprint density at radius 3 is 2.59 bits per heavy atom. The molecule has 0 saturated carbocycles. The summed E-state index contributed by atoms with van der Waals surface area (Å²) in [4.78, 5) is 22.8. The van der Waals surface area contributed by atoms with Gasteiger partial charge in [0.05, 0.1) is 16.2 Å². The second-order valence-electron chi connectivity index (χ2n) is 5.99. The molecule has 1 aromatic carbocycles. The molecule has 0 unspecified atom stereocenters. The topological polar surface area (TPSA) is 45.7 Å². The van der Waals surface area contributed by atoms with Crippen molar-refractivity contribution in [3.63, 3.8) is 0 Å². The number of ether oxygens (including phenoxy) is 1. The molecule has 0 bridgehead atoms. The number of benzene rings is 1. The van der Waals surface area contributed by atoms with Crippen LogP contribution < -0.4 is 9.64 Å². The number of amides is 1. The molecular formula is C20H25N3O2S2. The Kier molecular flexibility index (Phi) is 6.82. The van der Waals surface area contributed by atoms with Gasteiger partial charge in [0.15, 0.2) is 5.13 Å². The van der Waals surface area contributed by atoms with Gasteiger partial charge in [0.2, 0.25) is 0 Å². The molecular weight excluding hydrogens is 378 g/mol. The molecule has 0 saturated heterocycles. The molecule has 2 aromatic heterocycles. The number of carbonyl (C=O) groups excluding carboxylic acids is 1. The highest BCUT2D eigenvalue weighted by atomic mass is 32.1. The number of aromatic nitrogens is 1. The molecule has 3 aromatic rings. The van der Waals surface area contributed by atoms with Gasteiger partial charge in [-0.2, -0.15) is 0 Å². The number of anilines is 1. The molecule has 0 radical (unpaired) electrons. The highest BCUT2D eigenvalue weighted by Crippen LogP contribution is 2.35. The highest BCUT2D eigenvalue weighted by Gasteiger charge is 2.23. The molecule has 1 amide bonds. The molecule has 0 aliphatic heterocycles. The molecule has 144 valence electrons. The number of hydrogen-bond acceptors (Lipinski definition) is 6. The summed E-state index contributed by atoms with van der Waals surface area (Å²) in [5, 5.41) is 2.66. The van der Waals surface area contributed by atoms with Gasteiger partial charge in [-0.05, 0) is 43.6 Å². The van der Waals surface area contributed by atoms with Crippen LogP contribution in [0.5, 0.6) is 5.75 Å².